The van der Waals surface area contributed by atoms with Crippen LogP contribution in [-0.4, -0.2) is 17.0 Å². The summed E-state index contributed by atoms with van der Waals surface area (Å²) in [6.07, 6.45) is 9.03. The Hall–Kier alpha value is -0.630. The van der Waals surface area contributed by atoms with Crippen LogP contribution in [0, 0.1) is 16.7 Å². The number of hydrogen-bond acceptors (Lipinski definition) is 2. The molecule has 2 heteroatoms. The molecule has 3 aliphatic rings. The predicted molar refractivity (Wildman–Crippen MR) is 85.1 cm³/mol. The molecule has 2 nitrogen and oxygen atoms in total. The first-order valence-electron chi connectivity index (χ1n) is 8.56. The lowest BCUT2D eigenvalue weighted by molar-refractivity contribution is -0.209. The number of ether oxygens (including phenoxy) is 1. The third kappa shape index (κ3) is 1.91. The second kappa shape index (κ2) is 4.44. The maximum Gasteiger partial charge on any atom is 0.165 e. The summed E-state index contributed by atoms with van der Waals surface area (Å²) in [7, 11) is 0. The van der Waals surface area contributed by atoms with Crippen molar-refractivity contribution in [2.45, 2.75) is 83.8 Å². The van der Waals surface area contributed by atoms with Gasteiger partial charge < -0.3 is 4.74 Å². The van der Waals surface area contributed by atoms with Crippen LogP contribution in [0.5, 0.6) is 0 Å². The van der Waals surface area contributed by atoms with Crippen molar-refractivity contribution in [1.82, 2.24) is 0 Å². The number of carbonyl (C=O) groups is 1. The van der Waals surface area contributed by atoms with E-state index < -0.39 is 5.60 Å². The van der Waals surface area contributed by atoms with Crippen LogP contribution in [-0.2, 0) is 9.53 Å². The molecule has 0 bridgehead atoms. The molecule has 0 radical (unpaired) electrons. The van der Waals surface area contributed by atoms with Crippen molar-refractivity contribution in [1.29, 1.82) is 0 Å². The monoisotopic (exact) mass is 290 g/mol. The summed E-state index contributed by atoms with van der Waals surface area (Å²) < 4.78 is 6.54. The highest BCUT2D eigenvalue weighted by Gasteiger charge is 2.67. The summed E-state index contributed by atoms with van der Waals surface area (Å²) in [6.45, 7) is 13.1. The van der Waals surface area contributed by atoms with Gasteiger partial charge in [0.25, 0.3) is 0 Å². The Morgan fingerprint density at radius 1 is 1.14 bits per heavy atom. The van der Waals surface area contributed by atoms with Gasteiger partial charge in [0.05, 0.1) is 5.60 Å². The Labute approximate surface area is 129 Å². The Morgan fingerprint density at radius 2 is 1.86 bits per heavy atom. The molecule has 4 atom stereocenters. The molecule has 118 valence electrons. The smallest absolute Gasteiger partial charge is 0.165 e. The van der Waals surface area contributed by atoms with Crippen LogP contribution in [0.1, 0.15) is 72.6 Å². The van der Waals surface area contributed by atoms with Gasteiger partial charge in [-0.15, -0.1) is 6.58 Å². The minimum absolute atomic E-state index is 0.00907. The SMILES string of the molecule is C=C[C@@]1(C)CC[C@@]2(O1)C(=O)CC[C@@H]1C(C)(C)CCC[C@]12C. The van der Waals surface area contributed by atoms with E-state index in [0.717, 1.165) is 25.7 Å². The Balaban J connectivity index is 2.06. The van der Waals surface area contributed by atoms with Crippen molar-refractivity contribution in [2.75, 3.05) is 0 Å². The molecule has 0 unspecified atom stereocenters. The lowest BCUT2D eigenvalue weighted by Crippen LogP contribution is -2.63. The quantitative estimate of drug-likeness (QED) is 0.656. The largest absolute Gasteiger partial charge is 0.356 e. The van der Waals surface area contributed by atoms with Crippen molar-refractivity contribution < 1.29 is 9.53 Å². The Morgan fingerprint density at radius 3 is 2.48 bits per heavy atom. The number of Topliss-reactive ketones (excluding diaryl/α,β-unsaturated/α-hetero) is 1. The highest BCUT2D eigenvalue weighted by molar-refractivity contribution is 5.90. The summed E-state index contributed by atoms with van der Waals surface area (Å²) in [5.74, 6) is 0.938. The first kappa shape index (κ1) is 15.3. The molecule has 0 N–H and O–H groups in total. The summed E-state index contributed by atoms with van der Waals surface area (Å²) in [5.41, 5.74) is -0.583. The molecule has 1 spiro atoms. The first-order valence-corrected chi connectivity index (χ1v) is 8.56. The van der Waals surface area contributed by atoms with Gasteiger partial charge in [0.1, 0.15) is 5.60 Å². The number of ketones is 1. The van der Waals surface area contributed by atoms with Gasteiger partial charge in [-0.2, -0.15) is 0 Å². The maximum atomic E-state index is 12.9. The standard InChI is InChI=1S/C19H30O2/c1-6-17(4)12-13-19(21-17)15(20)9-8-14-16(2,3)10-7-11-18(14,19)5/h6,14H,1,7-13H2,2-5H3/t14-,17+,18-,19-/m1/s1. The van der Waals surface area contributed by atoms with Gasteiger partial charge in [0.15, 0.2) is 5.78 Å². The Kier molecular flexibility index (Phi) is 3.23. The number of hydrogen-bond donors (Lipinski definition) is 0. The van der Waals surface area contributed by atoms with Crippen molar-refractivity contribution in [3.63, 3.8) is 0 Å². The predicted octanol–water partition coefficient (Wildman–Crippen LogP) is 4.68. The van der Waals surface area contributed by atoms with E-state index in [4.69, 9.17) is 4.74 Å². The molecule has 3 rings (SSSR count). The van der Waals surface area contributed by atoms with E-state index in [1.807, 2.05) is 6.08 Å². The molecule has 0 amide bonds. The average molecular weight is 290 g/mol. The molecule has 2 aliphatic carbocycles. The van der Waals surface area contributed by atoms with Crippen LogP contribution < -0.4 is 0 Å². The second-order valence-electron chi connectivity index (χ2n) is 8.72. The summed E-state index contributed by atoms with van der Waals surface area (Å²) >= 11 is 0. The van der Waals surface area contributed by atoms with E-state index in [1.54, 1.807) is 0 Å². The molecule has 21 heavy (non-hydrogen) atoms. The average Bonchev–Trinajstić information content (AvgIpc) is 2.76. The van der Waals surface area contributed by atoms with Crippen LogP contribution in [0.4, 0.5) is 0 Å². The molecule has 1 aliphatic heterocycles. The van der Waals surface area contributed by atoms with E-state index in [1.165, 1.54) is 12.8 Å². The lowest BCUT2D eigenvalue weighted by Gasteiger charge is -2.60. The molecule has 0 aromatic carbocycles. The zero-order chi connectivity index (χ0) is 15.5. The zero-order valence-corrected chi connectivity index (χ0v) is 14.1. The molecule has 1 heterocycles. The van der Waals surface area contributed by atoms with Gasteiger partial charge in [-0.1, -0.05) is 33.3 Å². The van der Waals surface area contributed by atoms with Crippen LogP contribution >= 0.6 is 0 Å². The van der Waals surface area contributed by atoms with Gasteiger partial charge in [-0.05, 0) is 50.4 Å². The summed E-state index contributed by atoms with van der Waals surface area (Å²) in [6, 6.07) is 0. The molecular formula is C19H30O2. The van der Waals surface area contributed by atoms with Crippen molar-refractivity contribution in [3.05, 3.63) is 12.7 Å². The topological polar surface area (TPSA) is 26.3 Å². The van der Waals surface area contributed by atoms with E-state index in [2.05, 4.69) is 34.3 Å². The van der Waals surface area contributed by atoms with E-state index in [0.29, 0.717) is 23.5 Å². The first-order chi connectivity index (χ1) is 9.69. The molecule has 0 aromatic rings. The third-order valence-electron chi connectivity index (χ3n) is 7.08. The van der Waals surface area contributed by atoms with Crippen LogP contribution in [0.15, 0.2) is 12.7 Å². The van der Waals surface area contributed by atoms with Gasteiger partial charge >= 0.3 is 0 Å². The van der Waals surface area contributed by atoms with E-state index in [9.17, 15) is 4.79 Å². The van der Waals surface area contributed by atoms with E-state index >= 15 is 0 Å². The molecular weight excluding hydrogens is 260 g/mol. The molecule has 1 saturated heterocycles. The van der Waals surface area contributed by atoms with Gasteiger partial charge in [-0.25, -0.2) is 0 Å². The minimum Gasteiger partial charge on any atom is -0.356 e. The van der Waals surface area contributed by atoms with Gasteiger partial charge in [0, 0.05) is 11.8 Å². The minimum atomic E-state index is -0.559. The highest BCUT2D eigenvalue weighted by atomic mass is 16.5. The molecule has 2 saturated carbocycles. The normalized spacial score (nSPS) is 49.1. The maximum absolute atomic E-state index is 12.9. The van der Waals surface area contributed by atoms with Crippen molar-refractivity contribution in [3.8, 4) is 0 Å². The van der Waals surface area contributed by atoms with E-state index in [-0.39, 0.29) is 11.0 Å². The molecule has 0 aromatic heterocycles. The number of fused-ring (bicyclic) bond motifs is 2. The van der Waals surface area contributed by atoms with Crippen molar-refractivity contribution in [2.24, 2.45) is 16.7 Å². The fourth-order valence-corrected chi connectivity index (χ4v) is 5.78. The zero-order valence-electron chi connectivity index (χ0n) is 14.1. The lowest BCUT2D eigenvalue weighted by atomic mass is 9.46. The van der Waals surface area contributed by atoms with Crippen LogP contribution in [0.25, 0.3) is 0 Å². The number of rotatable bonds is 1. The third-order valence-corrected chi connectivity index (χ3v) is 7.08. The van der Waals surface area contributed by atoms with Gasteiger partial charge in [-0.3, -0.25) is 4.79 Å². The molecule has 3 fully saturated rings. The van der Waals surface area contributed by atoms with Gasteiger partial charge in [0.2, 0.25) is 0 Å². The van der Waals surface area contributed by atoms with Crippen LogP contribution in [0.2, 0.25) is 0 Å². The van der Waals surface area contributed by atoms with Crippen molar-refractivity contribution >= 4 is 5.78 Å². The summed E-state index contributed by atoms with van der Waals surface area (Å²) in [4.78, 5) is 12.9. The Bertz CT molecular complexity index is 480. The fourth-order valence-electron chi connectivity index (χ4n) is 5.78. The summed E-state index contributed by atoms with van der Waals surface area (Å²) in [5, 5.41) is 0. The second-order valence-corrected chi connectivity index (χ2v) is 8.72. The van der Waals surface area contributed by atoms with Crippen LogP contribution in [0.3, 0.4) is 0 Å². The highest BCUT2D eigenvalue weighted by Crippen LogP contribution is 2.65. The fraction of sp³-hybridized carbons (Fsp3) is 0.842. The number of carbonyl (C=O) groups excluding carboxylic acids is 1.